The fourth-order valence-corrected chi connectivity index (χ4v) is 7.06. The first-order chi connectivity index (χ1) is 14.6. The highest BCUT2D eigenvalue weighted by atomic mass is 32.2. The van der Waals surface area contributed by atoms with Crippen molar-refractivity contribution >= 4 is 53.1 Å². The first-order valence-electron chi connectivity index (χ1n) is 8.75. The van der Waals surface area contributed by atoms with Gasteiger partial charge in [0, 0.05) is 20.9 Å². The van der Waals surface area contributed by atoms with Crippen molar-refractivity contribution in [2.75, 3.05) is 0 Å². The van der Waals surface area contributed by atoms with E-state index in [0.29, 0.717) is 11.0 Å². The molecule has 1 fully saturated rings. The van der Waals surface area contributed by atoms with E-state index in [1.54, 1.807) is 20.9 Å². The fourth-order valence-electron chi connectivity index (χ4n) is 3.13. The maximum Gasteiger partial charge on any atom is 0.353 e. The minimum absolute atomic E-state index is 0.212. The lowest BCUT2D eigenvalue weighted by Crippen LogP contribution is -2.67. The Balaban J connectivity index is 1.76. The Kier molecular flexibility index (Phi) is 5.47. The molecule has 0 spiro atoms. The molecule has 0 aliphatic carbocycles. The van der Waals surface area contributed by atoms with Crippen molar-refractivity contribution in [1.82, 2.24) is 40.6 Å². The summed E-state index contributed by atoms with van der Waals surface area (Å²) >= 11 is 3.29. The molecule has 2 aromatic rings. The first-order valence-corrected chi connectivity index (χ1v) is 11.3. The summed E-state index contributed by atoms with van der Waals surface area (Å²) in [5, 5.41) is 30.9. The Bertz CT molecular complexity index is 1120. The molecule has 2 N–H and O–H groups in total. The predicted octanol–water partition coefficient (Wildman–Crippen LogP) is 0.218. The van der Waals surface area contributed by atoms with Crippen LogP contribution >= 0.6 is 35.3 Å². The van der Waals surface area contributed by atoms with Crippen molar-refractivity contribution < 1.29 is 23.9 Å². The Morgan fingerprint density at radius 1 is 1.32 bits per heavy atom. The van der Waals surface area contributed by atoms with Gasteiger partial charge in [-0.2, -0.15) is 0 Å². The fraction of sp³-hybridized carbons (Fsp3) is 0.467. The number of nitrogens with one attached hydrogen (secondary N) is 1. The zero-order chi connectivity index (χ0) is 22.5. The molecule has 0 bridgehead atoms. The van der Waals surface area contributed by atoms with E-state index in [0.717, 1.165) is 23.5 Å². The SMILES string of the molecule is CC(=O)NC1(C)S[C@@H]2C(Sc3nnc(C)o3)C(=O)N2C(C(=O)O)=C1Sc1nnnn1C. The standard InChI is InChI=1S/C15H16N8O5S3/c1-5(24)16-15(3)9(30-13-18-20-21-22(13)4)7(12(26)27)23-10(25)8(11(23)31-15)29-14-19-17-6(2)28-14/h8,11H,1-4H3,(H,16,24)(H,26,27)/t8?,11-,15?/m1/s1. The monoisotopic (exact) mass is 484 g/mol. The van der Waals surface area contributed by atoms with Gasteiger partial charge in [0.05, 0.1) is 4.91 Å². The minimum Gasteiger partial charge on any atom is -0.477 e. The van der Waals surface area contributed by atoms with E-state index in [-0.39, 0.29) is 21.7 Å². The van der Waals surface area contributed by atoms with Crippen LogP contribution in [0.2, 0.25) is 0 Å². The topological polar surface area (TPSA) is 169 Å². The van der Waals surface area contributed by atoms with Crippen molar-refractivity contribution in [2.45, 2.75) is 46.6 Å². The summed E-state index contributed by atoms with van der Waals surface area (Å²) in [7, 11) is 1.60. The maximum atomic E-state index is 12.9. The zero-order valence-corrected chi connectivity index (χ0v) is 19.0. The van der Waals surface area contributed by atoms with Crippen LogP contribution in [0.1, 0.15) is 19.7 Å². The number of amides is 2. The van der Waals surface area contributed by atoms with Crippen LogP contribution in [0.3, 0.4) is 0 Å². The van der Waals surface area contributed by atoms with Crippen LogP contribution in [0.25, 0.3) is 0 Å². The van der Waals surface area contributed by atoms with Gasteiger partial charge >= 0.3 is 5.97 Å². The molecule has 0 aromatic carbocycles. The van der Waals surface area contributed by atoms with Crippen LogP contribution < -0.4 is 5.32 Å². The van der Waals surface area contributed by atoms with E-state index in [2.05, 4.69) is 31.0 Å². The second-order valence-corrected chi connectivity index (χ2v) is 10.3. The van der Waals surface area contributed by atoms with Gasteiger partial charge in [-0.25, -0.2) is 9.48 Å². The van der Waals surface area contributed by atoms with Gasteiger partial charge in [0.1, 0.15) is 21.2 Å². The number of carboxylic acids is 1. The lowest BCUT2D eigenvalue weighted by molar-refractivity contribution is -0.145. The molecule has 2 aromatic heterocycles. The number of carboxylic acid groups (broad SMARTS) is 1. The molecule has 2 amide bonds. The summed E-state index contributed by atoms with van der Waals surface area (Å²) < 4.78 is 6.72. The number of hydrogen-bond acceptors (Lipinski definition) is 12. The second-order valence-electron chi connectivity index (χ2n) is 6.73. The van der Waals surface area contributed by atoms with Crippen LogP contribution in [-0.4, -0.2) is 73.7 Å². The summed E-state index contributed by atoms with van der Waals surface area (Å²) in [4.78, 5) is 37.5. The van der Waals surface area contributed by atoms with Gasteiger partial charge in [0.25, 0.3) is 5.22 Å². The number of tetrazole rings is 1. The summed E-state index contributed by atoms with van der Waals surface area (Å²) in [6.07, 6.45) is 0. The van der Waals surface area contributed by atoms with E-state index in [1.807, 2.05) is 0 Å². The molecule has 164 valence electrons. The van der Waals surface area contributed by atoms with Crippen LogP contribution in [0, 0.1) is 6.92 Å². The maximum absolute atomic E-state index is 12.9. The van der Waals surface area contributed by atoms with E-state index in [4.69, 9.17) is 4.42 Å². The predicted molar refractivity (Wildman–Crippen MR) is 108 cm³/mol. The summed E-state index contributed by atoms with van der Waals surface area (Å²) in [6, 6.07) is 0. The summed E-state index contributed by atoms with van der Waals surface area (Å²) in [6.45, 7) is 4.66. The third-order valence-electron chi connectivity index (χ3n) is 4.37. The number of aliphatic carboxylic acids is 1. The number of aromatic nitrogens is 6. The average molecular weight is 485 g/mol. The molecule has 3 atom stereocenters. The summed E-state index contributed by atoms with van der Waals surface area (Å²) in [5.41, 5.74) is -0.225. The van der Waals surface area contributed by atoms with Crippen LogP contribution in [0.15, 0.2) is 25.4 Å². The lowest BCUT2D eigenvalue weighted by atomic mass is 10.1. The molecular formula is C15H16N8O5S3. The molecular weight excluding hydrogens is 468 g/mol. The van der Waals surface area contributed by atoms with Gasteiger partial charge in [-0.05, 0) is 40.9 Å². The number of thioether (sulfide) groups is 3. The van der Waals surface area contributed by atoms with Crippen LogP contribution in [-0.2, 0) is 21.4 Å². The number of carbonyl (C=O) groups is 3. The molecule has 16 heteroatoms. The van der Waals surface area contributed by atoms with Crippen molar-refractivity contribution in [3.05, 3.63) is 16.5 Å². The van der Waals surface area contributed by atoms with Gasteiger partial charge in [0.2, 0.25) is 22.9 Å². The smallest absolute Gasteiger partial charge is 0.353 e. The molecule has 4 heterocycles. The Morgan fingerprint density at radius 3 is 2.61 bits per heavy atom. The average Bonchev–Trinajstić information content (AvgIpc) is 3.28. The highest BCUT2D eigenvalue weighted by Crippen LogP contribution is 2.56. The van der Waals surface area contributed by atoms with Crippen molar-refractivity contribution in [2.24, 2.45) is 7.05 Å². The highest BCUT2D eigenvalue weighted by molar-refractivity contribution is 8.08. The minimum atomic E-state index is -1.30. The van der Waals surface area contributed by atoms with Crippen molar-refractivity contribution in [3.8, 4) is 0 Å². The molecule has 2 aliphatic heterocycles. The number of hydrogen-bond donors (Lipinski definition) is 2. The van der Waals surface area contributed by atoms with Gasteiger partial charge in [-0.15, -0.1) is 27.1 Å². The molecule has 1 saturated heterocycles. The third kappa shape index (κ3) is 3.78. The Labute approximate surface area is 187 Å². The Morgan fingerprint density at radius 2 is 2.06 bits per heavy atom. The number of aryl methyl sites for hydroxylation is 2. The van der Waals surface area contributed by atoms with E-state index < -0.39 is 27.4 Å². The number of β-lactam (4-membered cyclic amide) rings is 1. The third-order valence-corrected chi connectivity index (χ3v) is 8.58. The van der Waals surface area contributed by atoms with E-state index in [1.165, 1.54) is 28.3 Å². The van der Waals surface area contributed by atoms with Gasteiger partial charge in [0.15, 0.2) is 0 Å². The van der Waals surface area contributed by atoms with E-state index in [9.17, 15) is 19.5 Å². The number of nitrogens with zero attached hydrogens (tertiary/aromatic N) is 7. The number of rotatable bonds is 6. The molecule has 2 aliphatic rings. The van der Waals surface area contributed by atoms with Gasteiger partial charge in [-0.3, -0.25) is 14.5 Å². The van der Waals surface area contributed by atoms with Crippen LogP contribution in [0.5, 0.6) is 0 Å². The van der Waals surface area contributed by atoms with Crippen LogP contribution in [0.4, 0.5) is 0 Å². The molecule has 31 heavy (non-hydrogen) atoms. The lowest BCUT2D eigenvalue weighted by Gasteiger charge is -2.53. The zero-order valence-electron chi connectivity index (χ0n) is 16.6. The van der Waals surface area contributed by atoms with Gasteiger partial charge in [-0.1, -0.05) is 0 Å². The highest BCUT2D eigenvalue weighted by Gasteiger charge is 2.60. The van der Waals surface area contributed by atoms with Gasteiger partial charge < -0.3 is 14.8 Å². The second kappa shape index (κ2) is 7.83. The molecule has 2 unspecified atom stereocenters. The number of fused-ring (bicyclic) bond motifs is 1. The quantitative estimate of drug-likeness (QED) is 0.534. The normalized spacial score (nSPS) is 25.3. The molecule has 0 radical (unpaired) electrons. The Hall–Kier alpha value is -2.59. The largest absolute Gasteiger partial charge is 0.477 e. The van der Waals surface area contributed by atoms with Crippen molar-refractivity contribution in [1.29, 1.82) is 0 Å². The molecule has 4 rings (SSSR count). The molecule has 0 saturated carbocycles. The van der Waals surface area contributed by atoms with Crippen molar-refractivity contribution in [3.63, 3.8) is 0 Å². The number of carbonyl (C=O) groups excluding carboxylic acids is 2. The summed E-state index contributed by atoms with van der Waals surface area (Å²) in [5.74, 6) is -1.71. The van der Waals surface area contributed by atoms with E-state index >= 15 is 0 Å². The first kappa shape index (κ1) is 21.6. The molecule has 13 nitrogen and oxygen atoms in total.